The molecule has 1 aliphatic heterocycles. The molecule has 0 amide bonds. The van der Waals surface area contributed by atoms with E-state index in [0.717, 1.165) is 23.3 Å². The van der Waals surface area contributed by atoms with Gasteiger partial charge in [0.05, 0.1) is 0 Å². The molecule has 1 saturated heterocycles. The maximum Gasteiger partial charge on any atom is 0.430 e. The normalized spacial score (nSPS) is 17.8. The monoisotopic (exact) mass is 553 g/mol. The van der Waals surface area contributed by atoms with Crippen LogP contribution in [0.25, 0.3) is 11.1 Å². The average molecular weight is 554 g/mol. The van der Waals surface area contributed by atoms with Gasteiger partial charge in [0.25, 0.3) is 5.60 Å². The molecule has 1 aliphatic rings. The van der Waals surface area contributed by atoms with Crippen LogP contribution in [-0.2, 0) is 23.5 Å². The van der Waals surface area contributed by atoms with Crippen LogP contribution >= 0.6 is 0 Å². The summed E-state index contributed by atoms with van der Waals surface area (Å²) in [5, 5.41) is 19.3. The lowest BCUT2D eigenvalue weighted by atomic mass is 9.90. The summed E-state index contributed by atoms with van der Waals surface area (Å²) in [5.74, 6) is -0.921. The van der Waals surface area contributed by atoms with Crippen molar-refractivity contribution in [1.29, 1.82) is 0 Å². The number of rotatable bonds is 7. The summed E-state index contributed by atoms with van der Waals surface area (Å²) in [7, 11) is 0. The van der Waals surface area contributed by atoms with E-state index in [2.05, 4.69) is 4.98 Å². The van der Waals surface area contributed by atoms with E-state index < -0.39 is 35.5 Å². The van der Waals surface area contributed by atoms with E-state index in [1.165, 1.54) is 0 Å². The SMILES string of the molecule is O=C(O)[C@H]1CN(Cc2ccc(-c3ccc(C(O)(C(F)(F)F)C(F)(F)F)cc3)cc2)CCN1Cc1ccncc1. The van der Waals surface area contributed by atoms with Crippen molar-refractivity contribution in [2.75, 3.05) is 19.6 Å². The van der Waals surface area contributed by atoms with Crippen molar-refractivity contribution in [3.05, 3.63) is 89.7 Å². The Morgan fingerprint density at radius 3 is 1.82 bits per heavy atom. The lowest BCUT2D eigenvalue weighted by Crippen LogP contribution is -2.55. The van der Waals surface area contributed by atoms with E-state index in [1.54, 1.807) is 36.7 Å². The molecule has 1 atom stereocenters. The van der Waals surface area contributed by atoms with Gasteiger partial charge in [0.2, 0.25) is 0 Å². The Morgan fingerprint density at radius 1 is 0.795 bits per heavy atom. The number of aliphatic hydroxyl groups is 1. The molecule has 2 heterocycles. The van der Waals surface area contributed by atoms with Gasteiger partial charge in [0.15, 0.2) is 0 Å². The van der Waals surface area contributed by atoms with E-state index in [4.69, 9.17) is 0 Å². The highest BCUT2D eigenvalue weighted by Crippen LogP contribution is 2.50. The third-order valence-electron chi connectivity index (χ3n) is 6.81. The van der Waals surface area contributed by atoms with Crippen molar-refractivity contribution in [2.45, 2.75) is 37.1 Å². The molecule has 39 heavy (non-hydrogen) atoms. The summed E-state index contributed by atoms with van der Waals surface area (Å²) >= 11 is 0. The van der Waals surface area contributed by atoms with E-state index in [0.29, 0.717) is 56.0 Å². The zero-order valence-corrected chi connectivity index (χ0v) is 20.5. The van der Waals surface area contributed by atoms with Crippen LogP contribution in [0.3, 0.4) is 0 Å². The zero-order chi connectivity index (χ0) is 28.4. The van der Waals surface area contributed by atoms with Crippen LogP contribution in [0.15, 0.2) is 73.1 Å². The fourth-order valence-corrected chi connectivity index (χ4v) is 4.62. The molecule has 1 fully saturated rings. The standard InChI is InChI=1S/C27H25F6N3O3/c28-26(29,30)25(39,27(31,32)33)22-7-5-21(6-8-22)20-3-1-18(2-4-20)15-35-13-14-36(23(17-35)24(37)38)16-19-9-11-34-12-10-19/h1-12,23,39H,13-17H2,(H,37,38)/t23-/m1/s1. The fraction of sp³-hybridized carbons (Fsp3) is 0.333. The van der Waals surface area contributed by atoms with Gasteiger partial charge in [-0.15, -0.1) is 0 Å². The molecule has 4 rings (SSSR count). The molecule has 3 aromatic rings. The molecular formula is C27H25F6N3O3. The molecule has 0 spiro atoms. The topological polar surface area (TPSA) is 76.9 Å². The maximum atomic E-state index is 13.1. The summed E-state index contributed by atoms with van der Waals surface area (Å²) in [6.07, 6.45) is -8.58. The Labute approximate surface area is 220 Å². The molecule has 0 radical (unpaired) electrons. The van der Waals surface area contributed by atoms with Crippen molar-refractivity contribution >= 4 is 5.97 Å². The van der Waals surface area contributed by atoms with Crippen molar-refractivity contribution in [3.63, 3.8) is 0 Å². The van der Waals surface area contributed by atoms with Gasteiger partial charge in [-0.2, -0.15) is 26.3 Å². The second-order valence-electron chi connectivity index (χ2n) is 9.40. The molecule has 208 valence electrons. The van der Waals surface area contributed by atoms with Crippen LogP contribution in [0.4, 0.5) is 26.3 Å². The molecule has 0 bridgehead atoms. The van der Waals surface area contributed by atoms with E-state index in [-0.39, 0.29) is 0 Å². The number of aromatic nitrogens is 1. The maximum absolute atomic E-state index is 13.1. The Balaban J connectivity index is 1.42. The molecule has 2 aromatic carbocycles. The predicted molar refractivity (Wildman–Crippen MR) is 129 cm³/mol. The van der Waals surface area contributed by atoms with Crippen LogP contribution in [0.1, 0.15) is 16.7 Å². The number of alkyl halides is 6. The number of nitrogens with zero attached hydrogens (tertiary/aromatic N) is 3. The molecule has 12 heteroatoms. The zero-order valence-electron chi connectivity index (χ0n) is 20.5. The Morgan fingerprint density at radius 2 is 1.31 bits per heavy atom. The van der Waals surface area contributed by atoms with Crippen molar-refractivity contribution in [1.82, 2.24) is 14.8 Å². The first-order chi connectivity index (χ1) is 18.3. The lowest BCUT2D eigenvalue weighted by Gasteiger charge is -2.39. The minimum atomic E-state index is -5.95. The number of hydrogen-bond donors (Lipinski definition) is 2. The lowest BCUT2D eigenvalue weighted by molar-refractivity contribution is -0.376. The first kappa shape index (κ1) is 28.5. The molecule has 0 unspecified atom stereocenters. The summed E-state index contributed by atoms with van der Waals surface area (Å²) in [4.78, 5) is 19.8. The minimum Gasteiger partial charge on any atom is -0.480 e. The third-order valence-corrected chi connectivity index (χ3v) is 6.81. The van der Waals surface area contributed by atoms with Gasteiger partial charge in [0, 0.05) is 50.7 Å². The van der Waals surface area contributed by atoms with Crippen LogP contribution in [0, 0.1) is 0 Å². The second-order valence-corrected chi connectivity index (χ2v) is 9.40. The number of piperazine rings is 1. The van der Waals surface area contributed by atoms with Crippen LogP contribution in [-0.4, -0.2) is 69.0 Å². The second kappa shape index (κ2) is 10.9. The number of benzene rings is 2. The summed E-state index contributed by atoms with van der Waals surface area (Å²) in [5.41, 5.74) is -3.54. The summed E-state index contributed by atoms with van der Waals surface area (Å²) in [6.45, 7) is 2.46. The third kappa shape index (κ3) is 6.07. The summed E-state index contributed by atoms with van der Waals surface area (Å²) in [6, 6.07) is 13.3. The molecule has 1 aromatic heterocycles. The molecular weight excluding hydrogens is 528 g/mol. The highest BCUT2D eigenvalue weighted by Gasteiger charge is 2.71. The smallest absolute Gasteiger partial charge is 0.430 e. The number of pyridine rings is 1. The first-order valence-corrected chi connectivity index (χ1v) is 11.9. The minimum absolute atomic E-state index is 0.310. The van der Waals surface area contributed by atoms with Gasteiger partial charge < -0.3 is 10.2 Å². The molecule has 6 nitrogen and oxygen atoms in total. The average Bonchev–Trinajstić information content (AvgIpc) is 2.89. The highest BCUT2D eigenvalue weighted by atomic mass is 19.4. The van der Waals surface area contributed by atoms with E-state index in [1.807, 2.05) is 21.9 Å². The highest BCUT2D eigenvalue weighted by molar-refractivity contribution is 5.74. The van der Waals surface area contributed by atoms with Gasteiger partial charge in [-0.05, 0) is 34.4 Å². The Bertz CT molecular complexity index is 1250. The van der Waals surface area contributed by atoms with Crippen LogP contribution in [0.5, 0.6) is 0 Å². The van der Waals surface area contributed by atoms with E-state index in [9.17, 15) is 41.4 Å². The van der Waals surface area contributed by atoms with Gasteiger partial charge >= 0.3 is 18.3 Å². The van der Waals surface area contributed by atoms with Crippen LogP contribution in [0.2, 0.25) is 0 Å². The molecule has 0 aliphatic carbocycles. The van der Waals surface area contributed by atoms with Crippen molar-refractivity contribution < 1.29 is 41.4 Å². The van der Waals surface area contributed by atoms with Gasteiger partial charge in [-0.25, -0.2) is 0 Å². The number of carboxylic acid groups (broad SMARTS) is 1. The number of hydrogen-bond acceptors (Lipinski definition) is 5. The van der Waals surface area contributed by atoms with E-state index >= 15 is 0 Å². The molecule has 2 N–H and O–H groups in total. The molecule has 0 saturated carbocycles. The predicted octanol–water partition coefficient (Wildman–Crippen LogP) is 4.83. The Hall–Kier alpha value is -3.48. The largest absolute Gasteiger partial charge is 0.480 e. The van der Waals surface area contributed by atoms with Gasteiger partial charge in [-0.1, -0.05) is 48.5 Å². The first-order valence-electron chi connectivity index (χ1n) is 11.9. The van der Waals surface area contributed by atoms with Crippen molar-refractivity contribution in [3.8, 4) is 11.1 Å². The summed E-state index contributed by atoms with van der Waals surface area (Å²) < 4.78 is 78.7. The quantitative estimate of drug-likeness (QED) is 0.409. The van der Waals surface area contributed by atoms with Crippen molar-refractivity contribution in [2.24, 2.45) is 0 Å². The van der Waals surface area contributed by atoms with Crippen LogP contribution < -0.4 is 0 Å². The number of carbonyl (C=O) groups is 1. The fourth-order valence-electron chi connectivity index (χ4n) is 4.62. The van der Waals surface area contributed by atoms with Gasteiger partial charge in [-0.3, -0.25) is 19.6 Å². The van der Waals surface area contributed by atoms with Gasteiger partial charge in [0.1, 0.15) is 6.04 Å². The Kier molecular flexibility index (Phi) is 8.01. The number of halogens is 6. The number of carboxylic acids is 1. The number of aliphatic carboxylic acids is 1.